The van der Waals surface area contributed by atoms with Crippen molar-refractivity contribution in [1.82, 2.24) is 29.3 Å². The van der Waals surface area contributed by atoms with Crippen molar-refractivity contribution in [3.63, 3.8) is 0 Å². The number of likely N-dealkylation sites (tertiary alicyclic amines) is 1. The van der Waals surface area contributed by atoms with Crippen LogP contribution in [0.25, 0.3) is 28.0 Å². The quantitative estimate of drug-likeness (QED) is 0.334. The molecule has 39 heavy (non-hydrogen) atoms. The second-order valence-corrected chi connectivity index (χ2v) is 9.64. The zero-order valence-corrected chi connectivity index (χ0v) is 21.0. The Morgan fingerprint density at radius 1 is 1.10 bits per heavy atom. The molecule has 0 radical (unpaired) electrons. The van der Waals surface area contributed by atoms with Gasteiger partial charge in [0.25, 0.3) is 0 Å². The van der Waals surface area contributed by atoms with Crippen molar-refractivity contribution in [2.75, 3.05) is 13.1 Å². The molecule has 1 aromatic carbocycles. The van der Waals surface area contributed by atoms with Crippen LogP contribution in [0, 0.1) is 17.2 Å². The summed E-state index contributed by atoms with van der Waals surface area (Å²) in [6.45, 7) is 2.64. The monoisotopic (exact) mass is 535 g/mol. The summed E-state index contributed by atoms with van der Waals surface area (Å²) in [7, 11) is 0. The van der Waals surface area contributed by atoms with Crippen LogP contribution in [0.3, 0.4) is 0 Å². The van der Waals surface area contributed by atoms with Crippen LogP contribution < -0.4 is 0 Å². The van der Waals surface area contributed by atoms with Crippen LogP contribution in [0.4, 0.5) is 13.2 Å². The van der Waals surface area contributed by atoms with Gasteiger partial charge in [0.05, 0.1) is 42.7 Å². The second kappa shape index (κ2) is 10.3. The number of nitrogens with zero attached hydrogens (tertiary/aromatic N) is 7. The molecule has 9 nitrogen and oxygen atoms in total. The smallest absolute Gasteiger partial charge is 0.338 e. The first-order chi connectivity index (χ1) is 18.6. The molecule has 1 amide bonds. The lowest BCUT2D eigenvalue weighted by Crippen LogP contribution is -2.51. The van der Waals surface area contributed by atoms with Gasteiger partial charge < -0.3 is 4.90 Å². The first-order valence-corrected chi connectivity index (χ1v) is 12.4. The number of alkyl halides is 3. The van der Waals surface area contributed by atoms with E-state index in [9.17, 15) is 22.8 Å². The van der Waals surface area contributed by atoms with E-state index < -0.39 is 30.8 Å². The van der Waals surface area contributed by atoms with Crippen LogP contribution >= 0.6 is 0 Å². The lowest BCUT2D eigenvalue weighted by atomic mass is 10.0. The van der Waals surface area contributed by atoms with Crippen molar-refractivity contribution < 1.29 is 22.8 Å². The predicted molar refractivity (Wildman–Crippen MR) is 134 cm³/mol. The number of carbonyl (C=O) groups excluding carboxylic acids is 2. The Labute approximate surface area is 221 Å². The highest BCUT2D eigenvalue weighted by molar-refractivity contribution is 5.82. The number of Topliss-reactive ketones (excluding diaryl/α,β-unsaturated/α-hetero) is 1. The summed E-state index contributed by atoms with van der Waals surface area (Å²) in [6.07, 6.45) is 0.600. The third-order valence-electron chi connectivity index (χ3n) is 6.74. The van der Waals surface area contributed by atoms with Gasteiger partial charge in [-0.25, -0.2) is 9.50 Å². The van der Waals surface area contributed by atoms with Gasteiger partial charge in [0.1, 0.15) is 11.8 Å². The van der Waals surface area contributed by atoms with E-state index in [0.29, 0.717) is 30.0 Å². The summed E-state index contributed by atoms with van der Waals surface area (Å²) in [5, 5.41) is 17.8. The predicted octanol–water partition coefficient (Wildman–Crippen LogP) is 4.26. The zero-order chi connectivity index (χ0) is 27.7. The molecule has 1 aliphatic rings. The number of imidazole rings is 1. The third-order valence-corrected chi connectivity index (χ3v) is 6.74. The average Bonchev–Trinajstić information content (AvgIpc) is 3.53. The van der Waals surface area contributed by atoms with Crippen LogP contribution in [0.15, 0.2) is 55.1 Å². The molecule has 4 aromatic rings. The summed E-state index contributed by atoms with van der Waals surface area (Å²) >= 11 is 0. The van der Waals surface area contributed by atoms with Crippen LogP contribution in [0.2, 0.25) is 0 Å². The summed E-state index contributed by atoms with van der Waals surface area (Å²) in [5.41, 5.74) is 4.09. The van der Waals surface area contributed by atoms with Crippen molar-refractivity contribution >= 4 is 17.3 Å². The van der Waals surface area contributed by atoms with E-state index in [4.69, 9.17) is 5.26 Å². The Balaban J connectivity index is 1.30. The second-order valence-electron chi connectivity index (χ2n) is 9.64. The molecule has 200 valence electrons. The molecule has 0 spiro atoms. The van der Waals surface area contributed by atoms with E-state index in [0.717, 1.165) is 16.7 Å². The molecule has 5 rings (SSSR count). The minimum Gasteiger partial charge on any atom is -0.338 e. The Morgan fingerprint density at radius 3 is 2.62 bits per heavy atom. The number of hydrogen-bond acceptors (Lipinski definition) is 6. The molecule has 1 unspecified atom stereocenters. The molecule has 0 aliphatic carbocycles. The molecule has 1 fully saturated rings. The van der Waals surface area contributed by atoms with Crippen molar-refractivity contribution in [3.8, 4) is 28.5 Å². The summed E-state index contributed by atoms with van der Waals surface area (Å²) < 4.78 is 40.5. The summed E-state index contributed by atoms with van der Waals surface area (Å²) in [6, 6.07) is 10.5. The topological polar surface area (TPSA) is 109 Å². The lowest BCUT2D eigenvalue weighted by Gasteiger charge is -2.36. The maximum Gasteiger partial charge on any atom is 0.389 e. The molecular formula is C27H24F3N7O2. The molecule has 0 bridgehead atoms. The Bertz CT molecular complexity index is 1580. The molecule has 4 heterocycles. The maximum atomic E-state index is 12.7. The van der Waals surface area contributed by atoms with Crippen LogP contribution in [-0.4, -0.2) is 60.2 Å². The number of carbonyl (C=O) groups is 2. The fraction of sp³-hybridized carbons (Fsp3) is 0.333. The fourth-order valence-corrected chi connectivity index (χ4v) is 4.49. The SMILES string of the molecule is CC(C(=O)N1CC(C#N)C1)n1cc(-c2cnn3c(-c4cccc(CC(=O)CCC(F)(F)F)c4)cnc3c2)cn1. The highest BCUT2D eigenvalue weighted by Crippen LogP contribution is 2.27. The number of amides is 1. The number of hydrogen-bond donors (Lipinski definition) is 0. The summed E-state index contributed by atoms with van der Waals surface area (Å²) in [4.78, 5) is 30.8. The van der Waals surface area contributed by atoms with Gasteiger partial charge in [-0.05, 0) is 24.6 Å². The van der Waals surface area contributed by atoms with Crippen LogP contribution in [-0.2, 0) is 16.0 Å². The minimum absolute atomic E-state index is 0.0835. The molecule has 1 saturated heterocycles. The number of aromatic nitrogens is 5. The number of nitriles is 1. The largest absolute Gasteiger partial charge is 0.389 e. The van der Waals surface area contributed by atoms with E-state index in [1.807, 2.05) is 12.1 Å². The van der Waals surface area contributed by atoms with Gasteiger partial charge in [-0.1, -0.05) is 18.2 Å². The van der Waals surface area contributed by atoms with Crippen molar-refractivity contribution in [1.29, 1.82) is 5.26 Å². The average molecular weight is 536 g/mol. The van der Waals surface area contributed by atoms with E-state index in [2.05, 4.69) is 21.3 Å². The van der Waals surface area contributed by atoms with Gasteiger partial charge in [-0.3, -0.25) is 14.3 Å². The van der Waals surface area contributed by atoms with E-state index in [1.54, 1.807) is 64.0 Å². The van der Waals surface area contributed by atoms with Crippen molar-refractivity contribution in [3.05, 3.63) is 60.7 Å². The number of benzene rings is 1. The van der Waals surface area contributed by atoms with Crippen molar-refractivity contribution in [2.24, 2.45) is 5.92 Å². The first kappa shape index (κ1) is 26.1. The van der Waals surface area contributed by atoms with Gasteiger partial charge in [0.2, 0.25) is 5.91 Å². The lowest BCUT2D eigenvalue weighted by molar-refractivity contribution is -0.143. The Kier molecular flexibility index (Phi) is 6.91. The van der Waals surface area contributed by atoms with Gasteiger partial charge in [-0.15, -0.1) is 0 Å². The molecule has 1 atom stereocenters. The molecule has 12 heteroatoms. The summed E-state index contributed by atoms with van der Waals surface area (Å²) in [5.74, 6) is -0.676. The zero-order valence-electron chi connectivity index (χ0n) is 21.0. The number of halogens is 3. The number of fused-ring (bicyclic) bond motifs is 1. The number of rotatable bonds is 8. The standard InChI is InChI=1S/C27H24F3N7O2/c1-17(26(39)35-14-19(10-31)15-35)36-16-22(12-33-36)21-9-25-32-13-24(37(25)34-11-21)20-4-2-3-18(7-20)8-23(38)5-6-27(28,29)30/h2-4,7,9,11-13,16-17,19H,5-6,8,14-15H2,1H3. The van der Waals surface area contributed by atoms with E-state index in [1.165, 1.54) is 0 Å². The van der Waals surface area contributed by atoms with E-state index >= 15 is 0 Å². The number of ketones is 1. The maximum absolute atomic E-state index is 12.7. The van der Waals surface area contributed by atoms with Gasteiger partial charge in [0.15, 0.2) is 5.65 Å². The fourth-order valence-electron chi connectivity index (χ4n) is 4.49. The molecule has 3 aromatic heterocycles. The van der Waals surface area contributed by atoms with Crippen LogP contribution in [0.5, 0.6) is 0 Å². The Hall–Kier alpha value is -4.53. The van der Waals surface area contributed by atoms with Gasteiger partial charge in [0, 0.05) is 48.8 Å². The molecular weight excluding hydrogens is 511 g/mol. The van der Waals surface area contributed by atoms with Gasteiger partial charge >= 0.3 is 6.18 Å². The highest BCUT2D eigenvalue weighted by atomic mass is 19.4. The van der Waals surface area contributed by atoms with Crippen molar-refractivity contribution in [2.45, 2.75) is 38.4 Å². The molecule has 0 saturated carbocycles. The molecule has 0 N–H and O–H groups in total. The normalized spacial score (nSPS) is 14.7. The highest BCUT2D eigenvalue weighted by Gasteiger charge is 2.33. The Morgan fingerprint density at radius 2 is 1.87 bits per heavy atom. The molecule has 1 aliphatic heterocycles. The van der Waals surface area contributed by atoms with Gasteiger partial charge in [-0.2, -0.15) is 28.6 Å². The van der Waals surface area contributed by atoms with Crippen LogP contribution in [0.1, 0.15) is 31.4 Å². The third kappa shape index (κ3) is 5.67. The van der Waals surface area contributed by atoms with E-state index in [-0.39, 0.29) is 18.2 Å². The minimum atomic E-state index is -4.36. The first-order valence-electron chi connectivity index (χ1n) is 12.4.